The SMILES string of the molecule is Cc1cc(C2(C)CCC(O)C2)c(Cl)cc1Br. The fourth-order valence-electron chi connectivity index (χ4n) is 2.57. The summed E-state index contributed by atoms with van der Waals surface area (Å²) in [5.74, 6) is 0. The molecule has 1 fully saturated rings. The average Bonchev–Trinajstić information content (AvgIpc) is 2.53. The first-order valence-electron chi connectivity index (χ1n) is 5.56. The summed E-state index contributed by atoms with van der Waals surface area (Å²) in [6.07, 6.45) is 2.52. The summed E-state index contributed by atoms with van der Waals surface area (Å²) in [7, 11) is 0. The molecule has 88 valence electrons. The van der Waals surface area contributed by atoms with Crippen molar-refractivity contribution in [3.63, 3.8) is 0 Å². The quantitative estimate of drug-likeness (QED) is 0.824. The van der Waals surface area contributed by atoms with Gasteiger partial charge in [0, 0.05) is 9.50 Å². The highest BCUT2D eigenvalue weighted by atomic mass is 79.9. The summed E-state index contributed by atoms with van der Waals surface area (Å²) in [4.78, 5) is 0. The highest BCUT2D eigenvalue weighted by Gasteiger charge is 2.37. The lowest BCUT2D eigenvalue weighted by atomic mass is 9.80. The first-order chi connectivity index (χ1) is 7.42. The molecule has 1 aromatic carbocycles. The molecule has 0 amide bonds. The van der Waals surface area contributed by atoms with Crippen LogP contribution in [-0.2, 0) is 5.41 Å². The summed E-state index contributed by atoms with van der Waals surface area (Å²) < 4.78 is 1.04. The number of benzene rings is 1. The molecule has 0 saturated heterocycles. The third kappa shape index (κ3) is 2.15. The summed E-state index contributed by atoms with van der Waals surface area (Å²) in [6, 6.07) is 4.10. The fraction of sp³-hybridized carbons (Fsp3) is 0.538. The van der Waals surface area contributed by atoms with Gasteiger partial charge < -0.3 is 5.11 Å². The van der Waals surface area contributed by atoms with Gasteiger partial charge in [0.05, 0.1) is 6.10 Å². The van der Waals surface area contributed by atoms with Crippen LogP contribution in [0.1, 0.15) is 37.3 Å². The van der Waals surface area contributed by atoms with Crippen molar-refractivity contribution in [3.8, 4) is 0 Å². The molecule has 0 aliphatic heterocycles. The van der Waals surface area contributed by atoms with Crippen LogP contribution >= 0.6 is 27.5 Å². The molecule has 2 atom stereocenters. The summed E-state index contributed by atoms with van der Waals surface area (Å²) in [6.45, 7) is 4.26. The first-order valence-corrected chi connectivity index (χ1v) is 6.74. The lowest BCUT2D eigenvalue weighted by molar-refractivity contribution is 0.175. The van der Waals surface area contributed by atoms with Crippen molar-refractivity contribution >= 4 is 27.5 Å². The number of rotatable bonds is 1. The first kappa shape index (κ1) is 12.4. The van der Waals surface area contributed by atoms with Gasteiger partial charge in [0.1, 0.15) is 0 Å². The predicted octanol–water partition coefficient (Wildman–Crippen LogP) is 4.21. The minimum absolute atomic E-state index is 0.0297. The molecule has 0 spiro atoms. The summed E-state index contributed by atoms with van der Waals surface area (Å²) in [5, 5.41) is 10.5. The van der Waals surface area contributed by atoms with Crippen molar-refractivity contribution in [2.45, 2.75) is 44.6 Å². The minimum atomic E-state index is -0.176. The Morgan fingerprint density at radius 1 is 1.50 bits per heavy atom. The lowest BCUT2D eigenvalue weighted by Gasteiger charge is -2.26. The Bertz CT molecular complexity index is 419. The van der Waals surface area contributed by atoms with Gasteiger partial charge in [-0.3, -0.25) is 0 Å². The molecule has 0 heterocycles. The standard InChI is InChI=1S/C13H16BrClO/c1-8-5-10(12(15)6-11(8)14)13(2)4-3-9(16)7-13/h5-6,9,16H,3-4,7H2,1-2H3. The zero-order valence-corrected chi connectivity index (χ0v) is 11.9. The second kappa shape index (κ2) is 4.32. The van der Waals surface area contributed by atoms with Crippen molar-refractivity contribution in [3.05, 3.63) is 32.8 Å². The van der Waals surface area contributed by atoms with Gasteiger partial charge in [-0.25, -0.2) is 0 Å². The van der Waals surface area contributed by atoms with E-state index < -0.39 is 0 Å². The van der Waals surface area contributed by atoms with Crippen LogP contribution in [0.25, 0.3) is 0 Å². The van der Waals surface area contributed by atoms with E-state index in [2.05, 4.69) is 35.8 Å². The van der Waals surface area contributed by atoms with Crippen LogP contribution in [0.3, 0.4) is 0 Å². The Labute approximate surface area is 110 Å². The van der Waals surface area contributed by atoms with E-state index in [1.165, 1.54) is 11.1 Å². The summed E-state index contributed by atoms with van der Waals surface area (Å²) >= 11 is 9.79. The Balaban J connectivity index is 2.44. The number of halogens is 2. The third-order valence-corrected chi connectivity index (χ3v) is 4.78. The monoisotopic (exact) mass is 302 g/mol. The van der Waals surface area contributed by atoms with E-state index >= 15 is 0 Å². The largest absolute Gasteiger partial charge is 0.393 e. The van der Waals surface area contributed by atoms with Crippen molar-refractivity contribution in [1.29, 1.82) is 0 Å². The Hall–Kier alpha value is -0.0500. The number of aryl methyl sites for hydroxylation is 1. The molecular weight excluding hydrogens is 287 g/mol. The van der Waals surface area contributed by atoms with E-state index in [1.54, 1.807) is 0 Å². The predicted molar refractivity (Wildman–Crippen MR) is 71.1 cm³/mol. The molecule has 1 nitrogen and oxygen atoms in total. The molecule has 1 saturated carbocycles. The van der Waals surface area contributed by atoms with E-state index in [1.807, 2.05) is 6.07 Å². The van der Waals surface area contributed by atoms with Crippen LogP contribution < -0.4 is 0 Å². The van der Waals surface area contributed by atoms with Crippen molar-refractivity contribution < 1.29 is 5.11 Å². The van der Waals surface area contributed by atoms with Crippen LogP contribution in [0.2, 0.25) is 5.02 Å². The van der Waals surface area contributed by atoms with Gasteiger partial charge in [-0.2, -0.15) is 0 Å². The van der Waals surface area contributed by atoms with Gasteiger partial charge in [-0.15, -0.1) is 0 Å². The lowest BCUT2D eigenvalue weighted by Crippen LogP contribution is -2.19. The van der Waals surface area contributed by atoms with E-state index in [4.69, 9.17) is 11.6 Å². The molecule has 1 aliphatic carbocycles. The van der Waals surface area contributed by atoms with Gasteiger partial charge in [0.2, 0.25) is 0 Å². The van der Waals surface area contributed by atoms with Crippen LogP contribution in [0, 0.1) is 6.92 Å². The van der Waals surface area contributed by atoms with E-state index in [0.717, 1.165) is 28.8 Å². The number of aliphatic hydroxyl groups is 1. The van der Waals surface area contributed by atoms with Gasteiger partial charge in [0.25, 0.3) is 0 Å². The normalized spacial score (nSPS) is 29.7. The minimum Gasteiger partial charge on any atom is -0.393 e. The van der Waals surface area contributed by atoms with Crippen LogP contribution in [0.5, 0.6) is 0 Å². The third-order valence-electron chi connectivity index (χ3n) is 3.61. The Kier molecular flexibility index (Phi) is 3.35. The Morgan fingerprint density at radius 2 is 2.19 bits per heavy atom. The molecule has 0 radical (unpaired) electrons. The Morgan fingerprint density at radius 3 is 2.75 bits per heavy atom. The van der Waals surface area contributed by atoms with Crippen LogP contribution in [-0.4, -0.2) is 11.2 Å². The second-order valence-corrected chi connectivity index (χ2v) is 6.30. The highest BCUT2D eigenvalue weighted by Crippen LogP contribution is 2.44. The highest BCUT2D eigenvalue weighted by molar-refractivity contribution is 9.10. The van der Waals surface area contributed by atoms with Crippen molar-refractivity contribution in [1.82, 2.24) is 0 Å². The van der Waals surface area contributed by atoms with E-state index in [-0.39, 0.29) is 11.5 Å². The van der Waals surface area contributed by atoms with E-state index in [9.17, 15) is 5.11 Å². The number of hydrogen-bond acceptors (Lipinski definition) is 1. The van der Waals surface area contributed by atoms with Crippen molar-refractivity contribution in [2.24, 2.45) is 0 Å². The fourth-order valence-corrected chi connectivity index (χ4v) is 3.44. The molecule has 1 N–H and O–H groups in total. The maximum absolute atomic E-state index is 9.69. The molecule has 0 aromatic heterocycles. The zero-order valence-electron chi connectivity index (χ0n) is 9.56. The number of aliphatic hydroxyl groups excluding tert-OH is 1. The topological polar surface area (TPSA) is 20.2 Å². The molecule has 16 heavy (non-hydrogen) atoms. The molecule has 1 aromatic rings. The molecular formula is C13H16BrClO. The molecule has 0 bridgehead atoms. The van der Waals surface area contributed by atoms with E-state index in [0.29, 0.717) is 0 Å². The van der Waals surface area contributed by atoms with Crippen LogP contribution in [0.15, 0.2) is 16.6 Å². The van der Waals surface area contributed by atoms with Gasteiger partial charge in [0.15, 0.2) is 0 Å². The van der Waals surface area contributed by atoms with Gasteiger partial charge >= 0.3 is 0 Å². The molecule has 2 unspecified atom stereocenters. The molecule has 2 rings (SSSR count). The van der Waals surface area contributed by atoms with Gasteiger partial charge in [-0.1, -0.05) is 40.5 Å². The smallest absolute Gasteiger partial charge is 0.0549 e. The average molecular weight is 304 g/mol. The van der Waals surface area contributed by atoms with Crippen molar-refractivity contribution in [2.75, 3.05) is 0 Å². The summed E-state index contributed by atoms with van der Waals surface area (Å²) in [5.41, 5.74) is 2.40. The van der Waals surface area contributed by atoms with Crippen LogP contribution in [0.4, 0.5) is 0 Å². The maximum Gasteiger partial charge on any atom is 0.0549 e. The van der Waals surface area contributed by atoms with Gasteiger partial charge in [-0.05, 0) is 48.8 Å². The second-order valence-electron chi connectivity index (χ2n) is 5.04. The maximum atomic E-state index is 9.69. The molecule has 3 heteroatoms. The zero-order chi connectivity index (χ0) is 11.9. The number of hydrogen-bond donors (Lipinski definition) is 1. The molecule has 1 aliphatic rings.